The van der Waals surface area contributed by atoms with Gasteiger partial charge in [0.2, 0.25) is 0 Å². The van der Waals surface area contributed by atoms with Gasteiger partial charge in [0.15, 0.2) is 0 Å². The second-order valence-corrected chi connectivity index (χ2v) is 4.71. The highest BCUT2D eigenvalue weighted by atomic mass is 16.5. The minimum Gasteiger partial charge on any atom is -0.478 e. The van der Waals surface area contributed by atoms with Crippen molar-refractivity contribution in [2.75, 3.05) is 5.32 Å². The van der Waals surface area contributed by atoms with Gasteiger partial charge >= 0.3 is 5.97 Å². The van der Waals surface area contributed by atoms with Crippen molar-refractivity contribution >= 4 is 11.7 Å². The number of hydrogen-bond acceptors (Lipinski definition) is 3. The van der Waals surface area contributed by atoms with Crippen molar-refractivity contribution in [2.45, 2.75) is 37.5 Å². The van der Waals surface area contributed by atoms with Gasteiger partial charge in [0.05, 0.1) is 23.8 Å². The van der Waals surface area contributed by atoms with Crippen LogP contribution in [0.2, 0.25) is 0 Å². The largest absolute Gasteiger partial charge is 0.478 e. The first-order valence-corrected chi connectivity index (χ1v) is 5.98. The number of carbonyl (C=O) groups is 1. The van der Waals surface area contributed by atoms with E-state index in [9.17, 15) is 4.79 Å². The van der Waals surface area contributed by atoms with Crippen molar-refractivity contribution in [1.82, 2.24) is 0 Å². The van der Waals surface area contributed by atoms with Crippen molar-refractivity contribution in [3.8, 4) is 0 Å². The molecular weight excluding hydrogens is 218 g/mol. The summed E-state index contributed by atoms with van der Waals surface area (Å²) in [6.07, 6.45) is 3.83. The molecule has 3 unspecified atom stereocenters. The summed E-state index contributed by atoms with van der Waals surface area (Å²) in [5, 5.41) is 12.4. The highest BCUT2D eigenvalue weighted by molar-refractivity contribution is 5.94. The van der Waals surface area contributed by atoms with Crippen LogP contribution in [0.4, 0.5) is 5.69 Å². The summed E-state index contributed by atoms with van der Waals surface area (Å²) >= 11 is 0. The van der Waals surface area contributed by atoms with Gasteiger partial charge < -0.3 is 15.2 Å². The SMILES string of the molecule is O=C(O)c1ccccc1NC1CC2CCC1O2. The van der Waals surface area contributed by atoms with Crippen LogP contribution in [0.1, 0.15) is 29.6 Å². The minimum atomic E-state index is -0.892. The topological polar surface area (TPSA) is 58.6 Å². The summed E-state index contributed by atoms with van der Waals surface area (Å²) < 4.78 is 5.75. The van der Waals surface area contributed by atoms with Gasteiger partial charge in [-0.1, -0.05) is 12.1 Å². The maximum absolute atomic E-state index is 11.1. The van der Waals surface area contributed by atoms with E-state index in [0.717, 1.165) is 19.3 Å². The number of carboxylic acids is 1. The highest BCUT2D eigenvalue weighted by Gasteiger charge is 2.40. The quantitative estimate of drug-likeness (QED) is 0.839. The van der Waals surface area contributed by atoms with E-state index in [0.29, 0.717) is 17.4 Å². The fourth-order valence-corrected chi connectivity index (χ4v) is 2.78. The zero-order valence-electron chi connectivity index (χ0n) is 9.43. The molecule has 2 heterocycles. The van der Waals surface area contributed by atoms with Crippen LogP contribution in [0.5, 0.6) is 0 Å². The van der Waals surface area contributed by atoms with E-state index in [4.69, 9.17) is 9.84 Å². The average Bonchev–Trinajstić information content (AvgIpc) is 2.91. The molecule has 17 heavy (non-hydrogen) atoms. The first-order chi connectivity index (χ1) is 8.24. The molecule has 2 N–H and O–H groups in total. The second kappa shape index (κ2) is 4.04. The lowest BCUT2D eigenvalue weighted by Gasteiger charge is -2.22. The molecule has 90 valence electrons. The van der Waals surface area contributed by atoms with Crippen molar-refractivity contribution < 1.29 is 14.6 Å². The molecule has 2 bridgehead atoms. The summed E-state index contributed by atoms with van der Waals surface area (Å²) in [4.78, 5) is 11.1. The predicted molar refractivity (Wildman–Crippen MR) is 63.3 cm³/mol. The highest BCUT2D eigenvalue weighted by Crippen LogP contribution is 2.36. The Kier molecular flexibility index (Phi) is 2.52. The number of hydrogen-bond donors (Lipinski definition) is 2. The molecule has 0 amide bonds. The molecule has 1 aromatic rings. The standard InChI is InChI=1S/C13H15NO3/c15-13(16)9-3-1-2-4-10(9)14-11-7-8-5-6-12(11)17-8/h1-4,8,11-12,14H,5-7H2,(H,15,16). The first kappa shape index (κ1) is 10.6. The van der Waals surface area contributed by atoms with E-state index in [1.54, 1.807) is 12.1 Å². The number of para-hydroxylation sites is 1. The van der Waals surface area contributed by atoms with Crippen molar-refractivity contribution in [2.24, 2.45) is 0 Å². The molecular formula is C13H15NO3. The fraction of sp³-hybridized carbons (Fsp3) is 0.462. The number of aromatic carboxylic acids is 1. The summed E-state index contributed by atoms with van der Waals surface area (Å²) in [6.45, 7) is 0. The lowest BCUT2D eigenvalue weighted by atomic mass is 9.95. The Morgan fingerprint density at radius 1 is 1.35 bits per heavy atom. The van der Waals surface area contributed by atoms with Crippen molar-refractivity contribution in [3.05, 3.63) is 29.8 Å². The molecule has 3 rings (SSSR count). The van der Waals surface area contributed by atoms with Crippen molar-refractivity contribution in [1.29, 1.82) is 0 Å². The molecule has 0 aromatic heterocycles. The molecule has 1 aromatic carbocycles. The van der Waals surface area contributed by atoms with Gasteiger partial charge in [-0.3, -0.25) is 0 Å². The molecule has 0 aliphatic carbocycles. The van der Waals surface area contributed by atoms with Gasteiger partial charge in [0.1, 0.15) is 0 Å². The molecule has 3 atom stereocenters. The van der Waals surface area contributed by atoms with Gasteiger partial charge in [0, 0.05) is 5.69 Å². The van der Waals surface area contributed by atoms with Gasteiger partial charge in [-0.25, -0.2) is 4.79 Å². The van der Waals surface area contributed by atoms with Crippen LogP contribution in [-0.4, -0.2) is 29.3 Å². The molecule has 2 fully saturated rings. The summed E-state index contributed by atoms with van der Waals surface area (Å²) in [5.74, 6) is -0.892. The maximum Gasteiger partial charge on any atom is 0.337 e. The van der Waals surface area contributed by atoms with Crippen LogP contribution in [0.3, 0.4) is 0 Å². The monoisotopic (exact) mass is 233 g/mol. The predicted octanol–water partition coefficient (Wildman–Crippen LogP) is 2.12. The van der Waals surface area contributed by atoms with Gasteiger partial charge in [-0.2, -0.15) is 0 Å². The van der Waals surface area contributed by atoms with Crippen LogP contribution in [-0.2, 0) is 4.74 Å². The smallest absolute Gasteiger partial charge is 0.337 e. The Labute approximate surface area is 99.6 Å². The van der Waals surface area contributed by atoms with Gasteiger partial charge in [-0.15, -0.1) is 0 Å². The molecule has 0 radical (unpaired) electrons. The molecule has 4 nitrogen and oxygen atoms in total. The maximum atomic E-state index is 11.1. The summed E-state index contributed by atoms with van der Waals surface area (Å²) in [5.41, 5.74) is 1.02. The van der Waals surface area contributed by atoms with E-state index in [-0.39, 0.29) is 12.1 Å². The Morgan fingerprint density at radius 3 is 2.82 bits per heavy atom. The number of nitrogens with one attached hydrogen (secondary N) is 1. The number of rotatable bonds is 3. The molecule has 2 aliphatic rings. The molecule has 2 aliphatic heterocycles. The zero-order chi connectivity index (χ0) is 11.8. The number of fused-ring (bicyclic) bond motifs is 2. The minimum absolute atomic E-state index is 0.252. The fourth-order valence-electron chi connectivity index (χ4n) is 2.78. The van der Waals surface area contributed by atoms with Crippen LogP contribution in [0.15, 0.2) is 24.3 Å². The van der Waals surface area contributed by atoms with E-state index < -0.39 is 5.97 Å². The van der Waals surface area contributed by atoms with E-state index in [1.165, 1.54) is 0 Å². The van der Waals surface area contributed by atoms with Crippen LogP contribution >= 0.6 is 0 Å². The van der Waals surface area contributed by atoms with E-state index >= 15 is 0 Å². The first-order valence-electron chi connectivity index (χ1n) is 5.98. The third-order valence-electron chi connectivity index (χ3n) is 3.60. The Balaban J connectivity index is 1.79. The van der Waals surface area contributed by atoms with Crippen molar-refractivity contribution in [3.63, 3.8) is 0 Å². The third-order valence-corrected chi connectivity index (χ3v) is 3.60. The Bertz CT molecular complexity index is 446. The number of anilines is 1. The Morgan fingerprint density at radius 2 is 2.18 bits per heavy atom. The molecule has 0 spiro atoms. The summed E-state index contributed by atoms with van der Waals surface area (Å²) in [6, 6.07) is 7.29. The third kappa shape index (κ3) is 1.89. The normalized spacial score (nSPS) is 30.5. The zero-order valence-corrected chi connectivity index (χ0v) is 9.43. The Hall–Kier alpha value is -1.55. The number of benzene rings is 1. The lowest BCUT2D eigenvalue weighted by molar-refractivity contribution is 0.0697. The van der Waals surface area contributed by atoms with Gasteiger partial charge in [-0.05, 0) is 31.4 Å². The second-order valence-electron chi connectivity index (χ2n) is 4.71. The number of carboxylic acid groups (broad SMARTS) is 1. The average molecular weight is 233 g/mol. The van der Waals surface area contributed by atoms with Crippen LogP contribution in [0, 0.1) is 0 Å². The summed E-state index contributed by atoms with van der Waals surface area (Å²) in [7, 11) is 0. The van der Waals surface area contributed by atoms with E-state index in [2.05, 4.69) is 5.32 Å². The molecule has 0 saturated carbocycles. The molecule has 2 saturated heterocycles. The molecule has 4 heteroatoms. The van der Waals surface area contributed by atoms with Crippen LogP contribution < -0.4 is 5.32 Å². The van der Waals surface area contributed by atoms with Gasteiger partial charge in [0.25, 0.3) is 0 Å². The van der Waals surface area contributed by atoms with E-state index in [1.807, 2.05) is 12.1 Å². The lowest BCUT2D eigenvalue weighted by Crippen LogP contribution is -2.31. The number of ether oxygens (including phenoxy) is 1. The van der Waals surface area contributed by atoms with Crippen LogP contribution in [0.25, 0.3) is 0 Å².